The first-order valence-corrected chi connectivity index (χ1v) is 9.59. The summed E-state index contributed by atoms with van der Waals surface area (Å²) in [7, 11) is 0. The van der Waals surface area contributed by atoms with Crippen LogP contribution < -0.4 is 5.32 Å². The monoisotopic (exact) mass is 294 g/mol. The van der Waals surface area contributed by atoms with Crippen LogP contribution in [0.15, 0.2) is 0 Å². The third-order valence-electron chi connectivity index (χ3n) is 6.14. The van der Waals surface area contributed by atoms with Gasteiger partial charge in [-0.1, -0.05) is 66.2 Å². The molecule has 1 aliphatic heterocycles. The first kappa shape index (κ1) is 17.3. The summed E-state index contributed by atoms with van der Waals surface area (Å²) in [6, 6.07) is 1.45. The van der Waals surface area contributed by atoms with Crippen LogP contribution in [0.5, 0.6) is 0 Å². The molecular formula is C19H38N2. The van der Waals surface area contributed by atoms with Gasteiger partial charge in [-0.3, -0.25) is 4.90 Å². The van der Waals surface area contributed by atoms with Gasteiger partial charge in [-0.25, -0.2) is 0 Å². The van der Waals surface area contributed by atoms with Crippen molar-refractivity contribution in [2.75, 3.05) is 19.6 Å². The summed E-state index contributed by atoms with van der Waals surface area (Å²) in [6.07, 6.45) is 10.2. The van der Waals surface area contributed by atoms with E-state index in [0.717, 1.165) is 23.8 Å². The largest absolute Gasteiger partial charge is 0.311 e. The lowest BCUT2D eigenvalue weighted by Crippen LogP contribution is -2.60. The Labute approximate surface area is 133 Å². The maximum atomic E-state index is 3.83. The fourth-order valence-electron chi connectivity index (χ4n) is 4.26. The number of nitrogens with zero attached hydrogens (tertiary/aromatic N) is 1. The molecule has 0 aromatic heterocycles. The molecule has 1 heterocycles. The van der Waals surface area contributed by atoms with Gasteiger partial charge in [0, 0.05) is 25.2 Å². The molecule has 0 radical (unpaired) electrons. The second-order valence-corrected chi connectivity index (χ2v) is 8.00. The zero-order chi connectivity index (χ0) is 15.2. The molecule has 0 bridgehead atoms. The van der Waals surface area contributed by atoms with Gasteiger partial charge in [0.25, 0.3) is 0 Å². The van der Waals surface area contributed by atoms with Gasteiger partial charge in [0.05, 0.1) is 0 Å². The Balaban J connectivity index is 1.87. The van der Waals surface area contributed by atoms with E-state index in [4.69, 9.17) is 0 Å². The molecule has 0 amide bonds. The highest BCUT2D eigenvalue weighted by atomic mass is 15.2. The zero-order valence-electron chi connectivity index (χ0n) is 14.9. The van der Waals surface area contributed by atoms with Gasteiger partial charge < -0.3 is 5.32 Å². The highest BCUT2D eigenvalue weighted by molar-refractivity contribution is 4.90. The molecule has 1 saturated heterocycles. The third-order valence-corrected chi connectivity index (χ3v) is 6.14. The smallest absolute Gasteiger partial charge is 0.0244 e. The first-order valence-electron chi connectivity index (χ1n) is 9.59. The van der Waals surface area contributed by atoms with E-state index in [-0.39, 0.29) is 0 Å². The third kappa shape index (κ3) is 4.96. The van der Waals surface area contributed by atoms with Crippen molar-refractivity contribution in [3.05, 3.63) is 0 Å². The Bertz CT molecular complexity index is 283. The predicted molar refractivity (Wildman–Crippen MR) is 92.6 cm³/mol. The summed E-state index contributed by atoms with van der Waals surface area (Å²) in [5.41, 5.74) is 0. The Kier molecular flexibility index (Phi) is 7.01. The Morgan fingerprint density at radius 3 is 2.43 bits per heavy atom. The molecule has 2 aliphatic rings. The van der Waals surface area contributed by atoms with Crippen LogP contribution in [0.3, 0.4) is 0 Å². The van der Waals surface area contributed by atoms with Crippen LogP contribution in [-0.4, -0.2) is 36.6 Å². The molecule has 1 aliphatic carbocycles. The second-order valence-electron chi connectivity index (χ2n) is 8.00. The van der Waals surface area contributed by atoms with E-state index in [2.05, 4.69) is 37.9 Å². The summed E-state index contributed by atoms with van der Waals surface area (Å²) >= 11 is 0. The van der Waals surface area contributed by atoms with Crippen LogP contribution in [-0.2, 0) is 0 Å². The Morgan fingerprint density at radius 1 is 1.10 bits per heavy atom. The Hall–Kier alpha value is -0.0800. The van der Waals surface area contributed by atoms with Gasteiger partial charge >= 0.3 is 0 Å². The minimum absolute atomic E-state index is 0.705. The van der Waals surface area contributed by atoms with Crippen LogP contribution >= 0.6 is 0 Å². The minimum atomic E-state index is 0.705. The number of hydrogen-bond donors (Lipinski definition) is 1. The van der Waals surface area contributed by atoms with E-state index in [0.29, 0.717) is 6.04 Å². The summed E-state index contributed by atoms with van der Waals surface area (Å²) < 4.78 is 0. The van der Waals surface area contributed by atoms with E-state index in [1.54, 1.807) is 0 Å². The average molecular weight is 295 g/mol. The molecule has 1 saturated carbocycles. The fourth-order valence-corrected chi connectivity index (χ4v) is 4.26. The van der Waals surface area contributed by atoms with Crippen LogP contribution in [0.1, 0.15) is 72.6 Å². The summed E-state index contributed by atoms with van der Waals surface area (Å²) in [4.78, 5) is 2.83. The highest BCUT2D eigenvalue weighted by Crippen LogP contribution is 2.28. The lowest BCUT2D eigenvalue weighted by Gasteiger charge is -2.44. The minimum Gasteiger partial charge on any atom is -0.311 e. The molecule has 3 unspecified atom stereocenters. The molecule has 3 atom stereocenters. The second kappa shape index (κ2) is 8.53. The molecule has 21 heavy (non-hydrogen) atoms. The maximum absolute atomic E-state index is 3.83. The van der Waals surface area contributed by atoms with Crippen LogP contribution in [0, 0.1) is 17.8 Å². The molecule has 1 N–H and O–H groups in total. The van der Waals surface area contributed by atoms with Gasteiger partial charge in [0.1, 0.15) is 0 Å². The number of nitrogens with one attached hydrogen (secondary N) is 1. The first-order chi connectivity index (χ1) is 10.1. The zero-order valence-corrected chi connectivity index (χ0v) is 14.9. The highest BCUT2D eigenvalue weighted by Gasteiger charge is 2.31. The van der Waals surface area contributed by atoms with Gasteiger partial charge in [-0.05, 0) is 30.7 Å². The number of piperazine rings is 1. The molecule has 0 aromatic rings. The van der Waals surface area contributed by atoms with Crippen molar-refractivity contribution in [3.63, 3.8) is 0 Å². The van der Waals surface area contributed by atoms with E-state index in [1.807, 2.05) is 0 Å². The van der Waals surface area contributed by atoms with Gasteiger partial charge in [-0.2, -0.15) is 0 Å². The van der Waals surface area contributed by atoms with Crippen molar-refractivity contribution in [2.45, 2.75) is 84.7 Å². The molecule has 124 valence electrons. The average Bonchev–Trinajstić information content (AvgIpc) is 2.52. The van der Waals surface area contributed by atoms with Crippen LogP contribution in [0.4, 0.5) is 0 Å². The van der Waals surface area contributed by atoms with E-state index in [9.17, 15) is 0 Å². The molecule has 0 spiro atoms. The summed E-state index contributed by atoms with van der Waals surface area (Å²) in [5.74, 6) is 2.58. The van der Waals surface area contributed by atoms with Crippen molar-refractivity contribution >= 4 is 0 Å². The van der Waals surface area contributed by atoms with Crippen molar-refractivity contribution in [2.24, 2.45) is 17.8 Å². The maximum Gasteiger partial charge on any atom is 0.0244 e. The summed E-state index contributed by atoms with van der Waals surface area (Å²) in [6.45, 7) is 13.3. The lowest BCUT2D eigenvalue weighted by atomic mass is 9.86. The van der Waals surface area contributed by atoms with Crippen molar-refractivity contribution in [3.8, 4) is 0 Å². The SMILES string of the molecule is CCC(C)C1CN(CCC2CCCCC2)C(C(C)C)CN1. The summed E-state index contributed by atoms with van der Waals surface area (Å²) in [5, 5.41) is 3.83. The van der Waals surface area contributed by atoms with Crippen LogP contribution in [0.25, 0.3) is 0 Å². The molecule has 2 nitrogen and oxygen atoms in total. The molecular weight excluding hydrogens is 256 g/mol. The predicted octanol–water partition coefficient (Wildman–Crippen LogP) is 4.30. The Morgan fingerprint density at radius 2 is 1.81 bits per heavy atom. The quantitative estimate of drug-likeness (QED) is 0.785. The van der Waals surface area contributed by atoms with Gasteiger partial charge in [-0.15, -0.1) is 0 Å². The van der Waals surface area contributed by atoms with E-state index in [1.165, 1.54) is 64.6 Å². The van der Waals surface area contributed by atoms with E-state index >= 15 is 0 Å². The molecule has 2 rings (SSSR count). The number of hydrogen-bond acceptors (Lipinski definition) is 2. The normalized spacial score (nSPS) is 30.7. The van der Waals surface area contributed by atoms with Crippen LogP contribution in [0.2, 0.25) is 0 Å². The van der Waals surface area contributed by atoms with Gasteiger partial charge in [0.2, 0.25) is 0 Å². The van der Waals surface area contributed by atoms with Crippen molar-refractivity contribution < 1.29 is 0 Å². The lowest BCUT2D eigenvalue weighted by molar-refractivity contribution is 0.0743. The van der Waals surface area contributed by atoms with Crippen molar-refractivity contribution in [1.29, 1.82) is 0 Å². The molecule has 0 aromatic carbocycles. The molecule has 2 heteroatoms. The fraction of sp³-hybridized carbons (Fsp3) is 1.00. The topological polar surface area (TPSA) is 15.3 Å². The number of rotatable bonds is 6. The van der Waals surface area contributed by atoms with E-state index < -0.39 is 0 Å². The van der Waals surface area contributed by atoms with Gasteiger partial charge in [0.15, 0.2) is 0 Å². The molecule has 2 fully saturated rings. The van der Waals surface area contributed by atoms with Crippen molar-refractivity contribution in [1.82, 2.24) is 10.2 Å². The standard InChI is InChI=1S/C19H38N2/c1-5-16(4)18-14-21(19(13-20-18)15(2)3)12-11-17-9-7-6-8-10-17/h15-20H,5-14H2,1-4H3.